The number of rotatable bonds is 19. The molecule has 39 heavy (non-hydrogen) atoms. The van der Waals surface area contributed by atoms with Crippen LogP contribution in [0.15, 0.2) is 18.2 Å². The molecule has 1 aromatic carbocycles. The largest absolute Gasteiger partial charge is 0.493 e. The van der Waals surface area contributed by atoms with Crippen molar-refractivity contribution in [2.24, 2.45) is 29.4 Å². The average Bonchev–Trinajstić information content (AvgIpc) is 3.42. The van der Waals surface area contributed by atoms with Crippen LogP contribution in [0.1, 0.15) is 58.3 Å². The summed E-state index contributed by atoms with van der Waals surface area (Å²) in [6.07, 6.45) is 2.22. The van der Waals surface area contributed by atoms with E-state index in [1.54, 1.807) is 14.2 Å². The molecule has 1 amide bonds. The van der Waals surface area contributed by atoms with Gasteiger partial charge in [0.05, 0.1) is 19.8 Å². The number of H-pyrrole nitrogens is 1. The molecule has 1 heterocycles. The van der Waals surface area contributed by atoms with Crippen LogP contribution in [0.4, 0.5) is 0 Å². The molecular weight excluding hydrogens is 500 g/mol. The van der Waals surface area contributed by atoms with Crippen LogP contribution in [0.5, 0.6) is 11.5 Å². The smallest absolute Gasteiger partial charge is 0.223 e. The minimum atomic E-state index is -0.794. The van der Waals surface area contributed by atoms with Gasteiger partial charge in [0, 0.05) is 45.1 Å². The molecular formula is C28H48N6O5. The molecule has 1 aromatic heterocycles. The summed E-state index contributed by atoms with van der Waals surface area (Å²) in [6.45, 7) is 9.89. The van der Waals surface area contributed by atoms with Gasteiger partial charge in [-0.3, -0.25) is 4.79 Å². The van der Waals surface area contributed by atoms with Crippen molar-refractivity contribution in [3.05, 3.63) is 29.6 Å². The Balaban J connectivity index is 1.97. The molecule has 2 rings (SSSR count). The summed E-state index contributed by atoms with van der Waals surface area (Å²) in [5, 5.41) is 27.7. The number of tetrazole rings is 1. The highest BCUT2D eigenvalue weighted by Crippen LogP contribution is 2.31. The van der Waals surface area contributed by atoms with Crippen molar-refractivity contribution in [3.63, 3.8) is 0 Å². The highest BCUT2D eigenvalue weighted by atomic mass is 16.5. The molecule has 0 aliphatic rings. The monoisotopic (exact) mass is 548 g/mol. The van der Waals surface area contributed by atoms with E-state index in [-0.39, 0.29) is 23.7 Å². The van der Waals surface area contributed by atoms with Crippen LogP contribution in [0, 0.1) is 23.7 Å². The number of aliphatic hydroxyl groups is 1. The third-order valence-corrected chi connectivity index (χ3v) is 7.16. The number of amides is 1. The van der Waals surface area contributed by atoms with E-state index in [1.165, 1.54) is 0 Å². The molecule has 0 saturated carbocycles. The first-order valence-electron chi connectivity index (χ1n) is 13.9. The number of hydrogen-bond acceptors (Lipinski definition) is 9. The van der Waals surface area contributed by atoms with Crippen LogP contribution < -0.4 is 20.5 Å². The van der Waals surface area contributed by atoms with Gasteiger partial charge < -0.3 is 30.4 Å². The quantitative estimate of drug-likeness (QED) is 0.194. The van der Waals surface area contributed by atoms with E-state index in [9.17, 15) is 9.90 Å². The molecule has 0 saturated heterocycles. The molecule has 11 nitrogen and oxygen atoms in total. The number of nitrogens with two attached hydrogens (primary N) is 1. The predicted molar refractivity (Wildman–Crippen MR) is 149 cm³/mol. The summed E-state index contributed by atoms with van der Waals surface area (Å²) >= 11 is 0. The Kier molecular flexibility index (Phi) is 14.2. The van der Waals surface area contributed by atoms with Gasteiger partial charge in [0.2, 0.25) is 5.91 Å². The highest BCUT2D eigenvalue weighted by molar-refractivity contribution is 5.78. The molecule has 2 aromatic rings. The Hall–Kier alpha value is -2.76. The first kappa shape index (κ1) is 32.5. The summed E-state index contributed by atoms with van der Waals surface area (Å²) in [7, 11) is 3.31. The molecule has 0 fully saturated rings. The maximum atomic E-state index is 12.9. The van der Waals surface area contributed by atoms with E-state index in [2.05, 4.69) is 39.8 Å². The maximum absolute atomic E-state index is 12.9. The van der Waals surface area contributed by atoms with Crippen molar-refractivity contribution >= 4 is 5.91 Å². The summed E-state index contributed by atoms with van der Waals surface area (Å²) in [4.78, 5) is 12.9. The van der Waals surface area contributed by atoms with Gasteiger partial charge in [-0.1, -0.05) is 39.0 Å². The van der Waals surface area contributed by atoms with Crippen molar-refractivity contribution in [3.8, 4) is 11.5 Å². The number of hydrogen-bond donors (Lipinski definition) is 4. The SMILES string of the molecule is COCCCOc1cc(C[C@@H](C[C@H](N)[C@@H](O)C[C@H](C(=O)NCCc2nn[nH]n2)C(C)C)C(C)C)ccc1OC. The normalized spacial score (nSPS) is 14.7. The highest BCUT2D eigenvalue weighted by Gasteiger charge is 2.29. The third kappa shape index (κ3) is 11.1. The van der Waals surface area contributed by atoms with E-state index < -0.39 is 12.1 Å². The number of aromatic nitrogens is 4. The van der Waals surface area contributed by atoms with Crippen LogP contribution in [-0.4, -0.2) is 77.8 Å². The fourth-order valence-electron chi connectivity index (χ4n) is 4.58. The zero-order valence-electron chi connectivity index (χ0n) is 24.4. The van der Waals surface area contributed by atoms with Gasteiger partial charge >= 0.3 is 0 Å². The second-order valence-electron chi connectivity index (χ2n) is 10.8. The molecule has 0 bridgehead atoms. The third-order valence-electron chi connectivity index (χ3n) is 7.16. The van der Waals surface area contributed by atoms with Crippen LogP contribution in [0.3, 0.4) is 0 Å². The average molecular weight is 549 g/mol. The van der Waals surface area contributed by atoms with Gasteiger partial charge in [-0.2, -0.15) is 5.21 Å². The van der Waals surface area contributed by atoms with E-state index in [0.29, 0.717) is 62.3 Å². The molecule has 11 heteroatoms. The van der Waals surface area contributed by atoms with Gasteiger partial charge in [0.25, 0.3) is 0 Å². The molecule has 0 aliphatic heterocycles. The summed E-state index contributed by atoms with van der Waals surface area (Å²) in [5.41, 5.74) is 7.65. The second-order valence-corrected chi connectivity index (χ2v) is 10.8. The minimum Gasteiger partial charge on any atom is -0.493 e. The van der Waals surface area contributed by atoms with Crippen molar-refractivity contribution in [1.82, 2.24) is 25.9 Å². The van der Waals surface area contributed by atoms with Crippen LogP contribution in [0.2, 0.25) is 0 Å². The van der Waals surface area contributed by atoms with Crippen LogP contribution in [-0.2, 0) is 22.4 Å². The Bertz CT molecular complexity index is 956. The summed E-state index contributed by atoms with van der Waals surface area (Å²) in [5.74, 6) is 2.14. The first-order valence-corrected chi connectivity index (χ1v) is 13.9. The Morgan fingerprint density at radius 1 is 1.10 bits per heavy atom. The fourth-order valence-corrected chi connectivity index (χ4v) is 4.58. The topological polar surface area (TPSA) is 157 Å². The second kappa shape index (κ2) is 17.0. The van der Waals surface area contributed by atoms with Gasteiger partial charge in [0.1, 0.15) is 0 Å². The fraction of sp³-hybridized carbons (Fsp3) is 0.714. The lowest BCUT2D eigenvalue weighted by Crippen LogP contribution is -2.43. The first-order chi connectivity index (χ1) is 18.7. The van der Waals surface area contributed by atoms with Gasteiger partial charge in [0.15, 0.2) is 17.3 Å². The standard InChI is InChI=1S/C28H48N6O5/c1-18(2)21(14-20-8-9-25(38-6)26(15-20)39-13-7-12-37-5)16-23(29)24(35)17-22(19(3)4)28(36)30-11-10-27-31-33-34-32-27/h8-9,15,18-19,21-24,35H,7,10-14,16-17,29H2,1-6H3,(H,30,36)(H,31,32,33,34)/t21-,22-,23-,24-/m0/s1. The molecule has 0 aliphatic carbocycles. The number of aliphatic hydroxyl groups excluding tert-OH is 1. The van der Waals surface area contributed by atoms with Crippen molar-refractivity contribution < 1.29 is 24.1 Å². The number of ether oxygens (including phenoxy) is 3. The van der Waals surface area contributed by atoms with E-state index in [0.717, 1.165) is 18.4 Å². The maximum Gasteiger partial charge on any atom is 0.223 e. The van der Waals surface area contributed by atoms with E-state index in [1.807, 2.05) is 32.0 Å². The summed E-state index contributed by atoms with van der Waals surface area (Å²) < 4.78 is 16.5. The minimum absolute atomic E-state index is 0.0551. The molecule has 0 radical (unpaired) electrons. The van der Waals surface area contributed by atoms with E-state index >= 15 is 0 Å². The molecule has 220 valence electrons. The Morgan fingerprint density at radius 2 is 1.87 bits per heavy atom. The van der Waals surface area contributed by atoms with Crippen LogP contribution in [0.25, 0.3) is 0 Å². The molecule has 0 spiro atoms. The van der Waals surface area contributed by atoms with Crippen molar-refractivity contribution in [2.45, 2.75) is 71.9 Å². The number of nitrogens with zero attached hydrogens (tertiary/aromatic N) is 3. The molecule has 0 unspecified atom stereocenters. The lowest BCUT2D eigenvalue weighted by molar-refractivity contribution is -0.127. The van der Waals surface area contributed by atoms with E-state index in [4.69, 9.17) is 19.9 Å². The zero-order valence-corrected chi connectivity index (χ0v) is 24.4. The number of aromatic amines is 1. The Labute approximate surface area is 232 Å². The predicted octanol–water partition coefficient (Wildman–Crippen LogP) is 2.54. The lowest BCUT2D eigenvalue weighted by atomic mass is 9.81. The number of benzene rings is 1. The Morgan fingerprint density at radius 3 is 2.49 bits per heavy atom. The number of nitrogens with one attached hydrogen (secondary N) is 2. The van der Waals surface area contributed by atoms with Gasteiger partial charge in [-0.25, -0.2) is 0 Å². The molecule has 4 atom stereocenters. The molecule has 5 N–H and O–H groups in total. The number of carbonyl (C=O) groups excluding carboxylic acids is 1. The summed E-state index contributed by atoms with van der Waals surface area (Å²) in [6, 6.07) is 5.55. The van der Waals surface area contributed by atoms with Crippen molar-refractivity contribution in [1.29, 1.82) is 0 Å². The van der Waals surface area contributed by atoms with Crippen molar-refractivity contribution in [2.75, 3.05) is 34.0 Å². The van der Waals surface area contributed by atoms with Gasteiger partial charge in [-0.15, -0.1) is 10.2 Å². The zero-order chi connectivity index (χ0) is 28.8. The lowest BCUT2D eigenvalue weighted by Gasteiger charge is -2.30. The van der Waals surface area contributed by atoms with Gasteiger partial charge in [-0.05, 0) is 54.7 Å². The van der Waals surface area contributed by atoms with Crippen LogP contribution >= 0.6 is 0 Å². The number of carbonyl (C=O) groups is 1. The number of methoxy groups -OCH3 is 2.